The van der Waals surface area contributed by atoms with Gasteiger partial charge in [0.25, 0.3) is 0 Å². The molecule has 0 aromatic heterocycles. The van der Waals surface area contributed by atoms with Gasteiger partial charge in [-0.05, 0) is 30.7 Å². The summed E-state index contributed by atoms with van der Waals surface area (Å²) in [6.07, 6.45) is 0.0430. The van der Waals surface area contributed by atoms with E-state index in [1.165, 1.54) is 0 Å². The van der Waals surface area contributed by atoms with Crippen molar-refractivity contribution >= 4 is 17.6 Å². The quantitative estimate of drug-likeness (QED) is 0.662. The average molecular weight is 253 g/mol. The molecule has 0 heterocycles. The summed E-state index contributed by atoms with van der Waals surface area (Å²) in [6.45, 7) is 1.96. The fraction of sp³-hybridized carbons (Fsp3) is 0.308. The monoisotopic (exact) mass is 252 g/mol. The molecule has 0 atom stereocenters. The minimum absolute atomic E-state index is 0.0430. The van der Waals surface area contributed by atoms with Crippen LogP contribution in [0.4, 0.5) is 0 Å². The number of rotatable bonds is 3. The highest BCUT2D eigenvalue weighted by Crippen LogP contribution is 2.15. The molecule has 17 heavy (non-hydrogen) atoms. The molecule has 4 heteroatoms. The Bertz CT molecular complexity index is 457. The van der Waals surface area contributed by atoms with Crippen molar-refractivity contribution in [2.24, 2.45) is 0 Å². The summed E-state index contributed by atoms with van der Waals surface area (Å²) in [4.78, 5) is 11.0. The number of carbonyl (C=O) groups excluding carboxylic acids is 1. The maximum atomic E-state index is 11.0. The fourth-order valence-corrected chi connectivity index (χ4v) is 1.43. The second-order valence-electron chi connectivity index (χ2n) is 3.24. The largest absolute Gasteiger partial charge is 0.465 e. The standard InChI is InChI=1S/C13H13ClO3/c1-2-17-13(16)5-3-4-10-6-7-12(14)8-11(10)9-15/h6-8,15H,2,5,9H2,1H3. The minimum Gasteiger partial charge on any atom is -0.465 e. The van der Waals surface area contributed by atoms with Crippen LogP contribution >= 0.6 is 11.6 Å². The van der Waals surface area contributed by atoms with Gasteiger partial charge in [-0.25, -0.2) is 0 Å². The number of aliphatic hydroxyl groups is 1. The van der Waals surface area contributed by atoms with Gasteiger partial charge in [-0.1, -0.05) is 23.4 Å². The highest BCUT2D eigenvalue weighted by atomic mass is 35.5. The second-order valence-corrected chi connectivity index (χ2v) is 3.68. The predicted molar refractivity (Wildman–Crippen MR) is 65.5 cm³/mol. The van der Waals surface area contributed by atoms with Crippen molar-refractivity contribution < 1.29 is 14.6 Å². The number of aliphatic hydroxyl groups excluding tert-OH is 1. The van der Waals surface area contributed by atoms with Crippen LogP contribution < -0.4 is 0 Å². The third kappa shape index (κ3) is 4.48. The normalized spacial score (nSPS) is 9.35. The molecule has 1 N–H and O–H groups in total. The van der Waals surface area contributed by atoms with E-state index in [-0.39, 0.29) is 19.0 Å². The van der Waals surface area contributed by atoms with E-state index in [0.717, 1.165) is 0 Å². The van der Waals surface area contributed by atoms with Crippen molar-refractivity contribution in [1.82, 2.24) is 0 Å². The molecule has 0 spiro atoms. The molecule has 90 valence electrons. The van der Waals surface area contributed by atoms with E-state index in [0.29, 0.717) is 22.8 Å². The lowest BCUT2D eigenvalue weighted by Gasteiger charge is -2.00. The molecular formula is C13H13ClO3. The van der Waals surface area contributed by atoms with Crippen molar-refractivity contribution in [3.8, 4) is 11.8 Å². The highest BCUT2D eigenvalue weighted by Gasteiger charge is 2.00. The predicted octanol–water partition coefficient (Wildman–Crippen LogP) is 2.14. The van der Waals surface area contributed by atoms with Crippen molar-refractivity contribution in [1.29, 1.82) is 0 Å². The Hall–Kier alpha value is -1.50. The van der Waals surface area contributed by atoms with E-state index in [2.05, 4.69) is 11.8 Å². The van der Waals surface area contributed by atoms with E-state index in [9.17, 15) is 4.79 Å². The first-order valence-corrected chi connectivity index (χ1v) is 5.59. The molecule has 0 aliphatic carbocycles. The third-order valence-electron chi connectivity index (χ3n) is 2.00. The molecule has 1 aromatic rings. The minimum atomic E-state index is -0.348. The Kier molecular flexibility index (Phi) is 5.55. The molecule has 0 amide bonds. The lowest BCUT2D eigenvalue weighted by Crippen LogP contribution is -2.01. The smallest absolute Gasteiger partial charge is 0.317 e. The summed E-state index contributed by atoms with van der Waals surface area (Å²) in [7, 11) is 0. The van der Waals surface area contributed by atoms with Crippen LogP contribution in [0.3, 0.4) is 0 Å². The molecule has 0 fully saturated rings. The highest BCUT2D eigenvalue weighted by molar-refractivity contribution is 6.30. The zero-order chi connectivity index (χ0) is 12.7. The summed E-state index contributed by atoms with van der Waals surface area (Å²) >= 11 is 5.79. The summed E-state index contributed by atoms with van der Waals surface area (Å²) in [6, 6.07) is 5.05. The van der Waals surface area contributed by atoms with Crippen molar-refractivity contribution in [3.05, 3.63) is 34.3 Å². The Morgan fingerprint density at radius 1 is 1.53 bits per heavy atom. The van der Waals surface area contributed by atoms with Crippen LogP contribution in [0.2, 0.25) is 5.02 Å². The van der Waals surface area contributed by atoms with Gasteiger partial charge in [0, 0.05) is 10.6 Å². The van der Waals surface area contributed by atoms with E-state index >= 15 is 0 Å². The molecule has 0 aliphatic rings. The first-order chi connectivity index (χ1) is 8.17. The topological polar surface area (TPSA) is 46.5 Å². The second kappa shape index (κ2) is 6.95. The fourth-order valence-electron chi connectivity index (χ4n) is 1.24. The van der Waals surface area contributed by atoms with Gasteiger partial charge in [-0.2, -0.15) is 0 Å². The van der Waals surface area contributed by atoms with Crippen LogP contribution in [-0.4, -0.2) is 17.7 Å². The van der Waals surface area contributed by atoms with E-state index < -0.39 is 0 Å². The number of hydrogen-bond acceptors (Lipinski definition) is 3. The number of hydrogen-bond donors (Lipinski definition) is 1. The maximum Gasteiger partial charge on any atom is 0.317 e. The van der Waals surface area contributed by atoms with Gasteiger partial charge in [0.05, 0.1) is 13.2 Å². The maximum absolute atomic E-state index is 11.0. The SMILES string of the molecule is CCOC(=O)CC#Cc1ccc(Cl)cc1CO. The molecule has 3 nitrogen and oxygen atoms in total. The Labute approximate surface area is 105 Å². The molecule has 0 unspecified atom stereocenters. The lowest BCUT2D eigenvalue weighted by molar-refractivity contribution is -0.141. The Morgan fingerprint density at radius 3 is 2.94 bits per heavy atom. The zero-order valence-corrected chi connectivity index (χ0v) is 10.3. The van der Waals surface area contributed by atoms with Gasteiger partial charge in [-0.3, -0.25) is 4.79 Å². The Balaban J connectivity index is 2.74. The lowest BCUT2D eigenvalue weighted by atomic mass is 10.1. The number of esters is 1. The summed E-state index contributed by atoms with van der Waals surface area (Å²) in [5.74, 6) is 5.17. The van der Waals surface area contributed by atoms with Gasteiger partial charge in [-0.15, -0.1) is 0 Å². The molecule has 0 bridgehead atoms. The van der Waals surface area contributed by atoms with Gasteiger partial charge in [0.2, 0.25) is 0 Å². The first kappa shape index (κ1) is 13.6. The van der Waals surface area contributed by atoms with E-state index in [1.807, 2.05) is 0 Å². The van der Waals surface area contributed by atoms with Gasteiger partial charge < -0.3 is 9.84 Å². The van der Waals surface area contributed by atoms with Crippen LogP contribution in [0, 0.1) is 11.8 Å². The summed E-state index contributed by atoms with van der Waals surface area (Å²) < 4.78 is 4.74. The molecular weight excluding hydrogens is 240 g/mol. The molecule has 1 aromatic carbocycles. The molecule has 0 aliphatic heterocycles. The number of carbonyl (C=O) groups is 1. The molecule has 0 radical (unpaired) electrons. The zero-order valence-electron chi connectivity index (χ0n) is 9.50. The summed E-state index contributed by atoms with van der Waals surface area (Å²) in [5, 5.41) is 9.66. The molecule has 0 saturated heterocycles. The van der Waals surface area contributed by atoms with Crippen LogP contribution in [0.5, 0.6) is 0 Å². The van der Waals surface area contributed by atoms with Crippen LogP contribution in [0.15, 0.2) is 18.2 Å². The number of benzene rings is 1. The van der Waals surface area contributed by atoms with E-state index in [1.54, 1.807) is 25.1 Å². The van der Waals surface area contributed by atoms with Crippen LogP contribution in [0.1, 0.15) is 24.5 Å². The molecule has 0 saturated carbocycles. The first-order valence-electron chi connectivity index (χ1n) is 5.21. The van der Waals surface area contributed by atoms with Crippen LogP contribution in [0.25, 0.3) is 0 Å². The van der Waals surface area contributed by atoms with Crippen molar-refractivity contribution in [3.63, 3.8) is 0 Å². The van der Waals surface area contributed by atoms with Gasteiger partial charge in [0.15, 0.2) is 0 Å². The van der Waals surface area contributed by atoms with Crippen molar-refractivity contribution in [2.45, 2.75) is 20.0 Å². The molecule has 1 rings (SSSR count). The third-order valence-corrected chi connectivity index (χ3v) is 2.23. The van der Waals surface area contributed by atoms with Crippen molar-refractivity contribution in [2.75, 3.05) is 6.61 Å². The Morgan fingerprint density at radius 2 is 2.29 bits per heavy atom. The van der Waals surface area contributed by atoms with Gasteiger partial charge in [0.1, 0.15) is 6.42 Å². The average Bonchev–Trinajstić information content (AvgIpc) is 2.31. The van der Waals surface area contributed by atoms with E-state index in [4.69, 9.17) is 21.4 Å². The van der Waals surface area contributed by atoms with Gasteiger partial charge >= 0.3 is 5.97 Å². The number of halogens is 1. The van der Waals surface area contributed by atoms with Crippen LogP contribution in [-0.2, 0) is 16.1 Å². The number of ether oxygens (including phenoxy) is 1. The summed E-state index contributed by atoms with van der Waals surface area (Å²) in [5.41, 5.74) is 1.31.